The monoisotopic (exact) mass is 270 g/mol. The Morgan fingerprint density at radius 2 is 1.24 bits per heavy atom. The average molecular weight is 270 g/mol. The molecule has 0 amide bonds. The lowest BCUT2D eigenvalue weighted by molar-refractivity contribution is 1.42. The van der Waals surface area contributed by atoms with Crippen LogP contribution in [-0.4, -0.2) is 0 Å². The molecule has 102 valence electrons. The van der Waals surface area contributed by atoms with Gasteiger partial charge in [0.05, 0.1) is 0 Å². The van der Waals surface area contributed by atoms with Gasteiger partial charge in [0.25, 0.3) is 0 Å². The Kier molecular flexibility index (Phi) is 3.70. The van der Waals surface area contributed by atoms with Gasteiger partial charge < -0.3 is 0 Å². The van der Waals surface area contributed by atoms with Gasteiger partial charge in [-0.05, 0) is 34.1 Å². The zero-order valence-electron chi connectivity index (χ0n) is 12.2. The van der Waals surface area contributed by atoms with Crippen LogP contribution >= 0.6 is 0 Å². The molecule has 0 heteroatoms. The fourth-order valence-electron chi connectivity index (χ4n) is 2.50. The second-order valence-electron chi connectivity index (χ2n) is 5.30. The van der Waals surface area contributed by atoms with Crippen molar-refractivity contribution in [1.29, 1.82) is 0 Å². The van der Waals surface area contributed by atoms with Gasteiger partial charge in [-0.15, -0.1) is 0 Å². The van der Waals surface area contributed by atoms with Crippen molar-refractivity contribution in [1.82, 2.24) is 0 Å². The van der Waals surface area contributed by atoms with E-state index in [1.807, 2.05) is 0 Å². The maximum absolute atomic E-state index is 3.97. The lowest BCUT2D eigenvalue weighted by atomic mass is 9.95. The van der Waals surface area contributed by atoms with Crippen molar-refractivity contribution in [3.63, 3.8) is 0 Å². The SMILES string of the molecule is C=c1ccc(=C(c2ccccc2)c2ccc(C)cc2)cc1. The van der Waals surface area contributed by atoms with E-state index in [4.69, 9.17) is 0 Å². The molecule has 0 spiro atoms. The minimum Gasteiger partial charge on any atom is -0.0918 e. The van der Waals surface area contributed by atoms with Crippen molar-refractivity contribution in [2.24, 2.45) is 0 Å². The van der Waals surface area contributed by atoms with Crippen LogP contribution in [0, 0.1) is 6.92 Å². The number of hydrogen-bond acceptors (Lipinski definition) is 0. The van der Waals surface area contributed by atoms with E-state index in [2.05, 4.69) is 92.4 Å². The second-order valence-corrected chi connectivity index (χ2v) is 5.30. The van der Waals surface area contributed by atoms with Crippen molar-refractivity contribution in [3.05, 3.63) is 106 Å². The van der Waals surface area contributed by atoms with Gasteiger partial charge in [0.1, 0.15) is 0 Å². The molecule has 21 heavy (non-hydrogen) atoms. The van der Waals surface area contributed by atoms with Crippen molar-refractivity contribution in [2.75, 3.05) is 0 Å². The number of hydrogen-bond donors (Lipinski definition) is 0. The minimum absolute atomic E-state index is 1.04. The Hall–Kier alpha value is -2.60. The third-order valence-electron chi connectivity index (χ3n) is 3.65. The highest BCUT2D eigenvalue weighted by Gasteiger charge is 2.05. The summed E-state index contributed by atoms with van der Waals surface area (Å²) >= 11 is 0. The highest BCUT2D eigenvalue weighted by molar-refractivity contribution is 5.79. The van der Waals surface area contributed by atoms with Crippen LogP contribution in [0.25, 0.3) is 12.2 Å². The van der Waals surface area contributed by atoms with E-state index in [1.54, 1.807) is 0 Å². The summed E-state index contributed by atoms with van der Waals surface area (Å²) in [6.07, 6.45) is 0. The first kappa shape index (κ1) is 13.4. The van der Waals surface area contributed by atoms with Crippen LogP contribution in [0.5, 0.6) is 0 Å². The summed E-state index contributed by atoms with van der Waals surface area (Å²) in [5.74, 6) is 0. The molecule has 3 rings (SSSR count). The smallest absolute Gasteiger partial charge is 0.00389 e. The molecule has 3 aromatic carbocycles. The molecule has 0 unspecified atom stereocenters. The second kappa shape index (κ2) is 5.80. The molecule has 0 aliphatic rings. The molecule has 0 bridgehead atoms. The average Bonchev–Trinajstić information content (AvgIpc) is 2.52. The predicted octanol–water partition coefficient (Wildman–Crippen LogP) is 3.65. The Labute approximate surface area is 125 Å². The summed E-state index contributed by atoms with van der Waals surface area (Å²) in [5, 5.41) is 2.26. The highest BCUT2D eigenvalue weighted by Crippen LogP contribution is 2.20. The molecule has 0 N–H and O–H groups in total. The molecule has 0 atom stereocenters. The van der Waals surface area contributed by atoms with Gasteiger partial charge in [-0.3, -0.25) is 0 Å². The lowest BCUT2D eigenvalue weighted by Crippen LogP contribution is -2.11. The van der Waals surface area contributed by atoms with E-state index in [1.165, 1.54) is 27.5 Å². The van der Waals surface area contributed by atoms with Gasteiger partial charge >= 0.3 is 0 Å². The summed E-state index contributed by atoms with van der Waals surface area (Å²) < 4.78 is 0. The molecule has 0 heterocycles. The van der Waals surface area contributed by atoms with Gasteiger partial charge in [0, 0.05) is 0 Å². The van der Waals surface area contributed by atoms with Crippen molar-refractivity contribution < 1.29 is 0 Å². The molecule has 0 nitrogen and oxygen atoms in total. The number of rotatable bonds is 2. The van der Waals surface area contributed by atoms with Crippen LogP contribution in [-0.2, 0) is 0 Å². The standard InChI is InChI=1S/C21H18/c1-16-8-12-19(13-9-16)21(18-6-4-3-5-7-18)20-14-10-17(2)11-15-20/h3-15H,1H2,2H3. The molecule has 0 saturated carbocycles. The molecule has 3 aromatic rings. The van der Waals surface area contributed by atoms with Crippen LogP contribution < -0.4 is 10.4 Å². The Morgan fingerprint density at radius 1 is 0.667 bits per heavy atom. The zero-order chi connectivity index (χ0) is 14.7. The molecule has 0 aliphatic carbocycles. The number of benzene rings is 3. The largest absolute Gasteiger partial charge is 0.0918 e. The molecular weight excluding hydrogens is 252 g/mol. The first-order valence-corrected chi connectivity index (χ1v) is 7.16. The third-order valence-corrected chi connectivity index (χ3v) is 3.65. The van der Waals surface area contributed by atoms with Gasteiger partial charge in [-0.2, -0.15) is 0 Å². The normalized spacial score (nSPS) is 10.3. The van der Waals surface area contributed by atoms with E-state index in [-0.39, 0.29) is 0 Å². The molecule has 0 aromatic heterocycles. The van der Waals surface area contributed by atoms with Crippen LogP contribution in [0.3, 0.4) is 0 Å². The molecule has 0 saturated heterocycles. The highest BCUT2D eigenvalue weighted by atomic mass is 14.1. The van der Waals surface area contributed by atoms with E-state index in [0.29, 0.717) is 0 Å². The summed E-state index contributed by atoms with van der Waals surface area (Å²) in [7, 11) is 0. The lowest BCUT2D eigenvalue weighted by Gasteiger charge is -2.09. The summed E-state index contributed by atoms with van der Waals surface area (Å²) in [4.78, 5) is 0. The van der Waals surface area contributed by atoms with E-state index < -0.39 is 0 Å². The van der Waals surface area contributed by atoms with E-state index in [9.17, 15) is 0 Å². The summed E-state index contributed by atoms with van der Waals surface area (Å²) in [6, 6.07) is 27.6. The molecule has 0 fully saturated rings. The fraction of sp³-hybridized carbons (Fsp3) is 0.0476. The maximum atomic E-state index is 3.97. The van der Waals surface area contributed by atoms with Gasteiger partial charge in [-0.1, -0.05) is 91.0 Å². The van der Waals surface area contributed by atoms with Gasteiger partial charge in [-0.25, -0.2) is 0 Å². The first-order valence-electron chi connectivity index (χ1n) is 7.16. The van der Waals surface area contributed by atoms with Crippen LogP contribution in [0.1, 0.15) is 16.7 Å². The van der Waals surface area contributed by atoms with E-state index in [0.717, 1.165) is 5.22 Å². The quantitative estimate of drug-likeness (QED) is 0.667. The van der Waals surface area contributed by atoms with Gasteiger partial charge in [0.15, 0.2) is 0 Å². The molecular formula is C21H18. The van der Waals surface area contributed by atoms with Crippen molar-refractivity contribution in [3.8, 4) is 0 Å². The Balaban J connectivity index is 2.31. The van der Waals surface area contributed by atoms with Crippen LogP contribution in [0.15, 0.2) is 78.9 Å². The fourth-order valence-corrected chi connectivity index (χ4v) is 2.50. The Morgan fingerprint density at radius 3 is 1.86 bits per heavy atom. The predicted molar refractivity (Wildman–Crippen MR) is 90.4 cm³/mol. The summed E-state index contributed by atoms with van der Waals surface area (Å²) in [5.41, 5.74) is 5.01. The van der Waals surface area contributed by atoms with E-state index >= 15 is 0 Å². The van der Waals surface area contributed by atoms with Crippen LogP contribution in [0.2, 0.25) is 0 Å². The Bertz CT molecular complexity index is 817. The zero-order valence-corrected chi connectivity index (χ0v) is 12.2. The van der Waals surface area contributed by atoms with Crippen molar-refractivity contribution >= 4 is 12.2 Å². The molecule has 0 radical (unpaired) electrons. The van der Waals surface area contributed by atoms with Crippen LogP contribution in [0.4, 0.5) is 0 Å². The third kappa shape index (κ3) is 2.95. The number of aryl methyl sites for hydroxylation is 1. The maximum Gasteiger partial charge on any atom is -0.00389 e. The van der Waals surface area contributed by atoms with Gasteiger partial charge in [0.2, 0.25) is 0 Å². The summed E-state index contributed by atoms with van der Waals surface area (Å²) in [6.45, 7) is 6.08. The first-order chi connectivity index (χ1) is 10.2. The van der Waals surface area contributed by atoms with Crippen molar-refractivity contribution in [2.45, 2.75) is 6.92 Å². The minimum atomic E-state index is 1.04. The molecule has 0 aliphatic heterocycles. The topological polar surface area (TPSA) is 0 Å².